The van der Waals surface area contributed by atoms with Crippen LogP contribution in [-0.2, 0) is 4.57 Å². The Morgan fingerprint density at radius 1 is 0.444 bits per heavy atom. The summed E-state index contributed by atoms with van der Waals surface area (Å²) in [7, 11) is -3.07. The minimum Gasteiger partial charge on any atom is -0.309 e. The summed E-state index contributed by atoms with van der Waals surface area (Å²) in [5, 5.41) is 12.6. The number of nitrogens with zero attached hydrogens (tertiary/aromatic N) is 1. The van der Waals surface area contributed by atoms with Gasteiger partial charge in [0.25, 0.3) is 0 Å². The first-order valence-electron chi connectivity index (χ1n) is 15.4. The molecule has 1 unspecified atom stereocenters. The Bertz CT molecular complexity index is 2740. The molecule has 0 radical (unpaired) electrons. The summed E-state index contributed by atoms with van der Waals surface area (Å²) in [5.74, 6) is 0. The Kier molecular flexibility index (Phi) is 5.02. The Hall–Kier alpha value is -5.43. The molecule has 2 heterocycles. The van der Waals surface area contributed by atoms with Crippen LogP contribution in [0, 0.1) is 0 Å². The van der Waals surface area contributed by atoms with Crippen LogP contribution in [-0.4, -0.2) is 4.57 Å². The molecule has 0 bridgehead atoms. The highest BCUT2D eigenvalue weighted by Gasteiger charge is 2.41. The summed E-state index contributed by atoms with van der Waals surface area (Å²) in [6.07, 6.45) is 0. The van der Waals surface area contributed by atoms with E-state index in [2.05, 4.69) is 126 Å². The van der Waals surface area contributed by atoms with Gasteiger partial charge in [0.05, 0.1) is 11.0 Å². The fourth-order valence-corrected chi connectivity index (χ4v) is 10.8. The molecule has 0 N–H and O–H groups in total. The van der Waals surface area contributed by atoms with Crippen LogP contribution in [0.1, 0.15) is 0 Å². The lowest BCUT2D eigenvalue weighted by molar-refractivity contribution is 0.593. The molecule has 210 valence electrons. The standard InChI is InChI=1S/C42H26NOP/c44-45(30-11-2-1-3-12-30)39-17-9-7-15-36(39)41-40(45)25-24-35-34-14-6-8-16-38(34)43(42(35)41)29-21-18-28-20-22-32-31-13-5-4-10-27(31)19-23-33(32)37(28)26-29/h1-26H. The van der Waals surface area contributed by atoms with Crippen LogP contribution >= 0.6 is 7.14 Å². The molecule has 0 saturated carbocycles. The maximum Gasteiger partial charge on any atom is 0.172 e. The number of rotatable bonds is 2. The van der Waals surface area contributed by atoms with Gasteiger partial charge in [-0.05, 0) is 62.1 Å². The summed E-state index contributed by atoms with van der Waals surface area (Å²) in [6.45, 7) is 0. The van der Waals surface area contributed by atoms with Crippen molar-refractivity contribution < 1.29 is 4.57 Å². The van der Waals surface area contributed by atoms with Gasteiger partial charge in [0.15, 0.2) is 7.14 Å². The van der Waals surface area contributed by atoms with Crippen molar-refractivity contribution in [3.63, 3.8) is 0 Å². The predicted octanol–water partition coefficient (Wildman–Crippen LogP) is 9.86. The molecule has 1 atom stereocenters. The van der Waals surface area contributed by atoms with Crippen molar-refractivity contribution in [2.45, 2.75) is 0 Å². The van der Waals surface area contributed by atoms with E-state index in [4.69, 9.17) is 0 Å². The molecule has 2 nitrogen and oxygen atoms in total. The van der Waals surface area contributed by atoms with Crippen LogP contribution in [0.25, 0.3) is 70.9 Å². The van der Waals surface area contributed by atoms with E-state index in [1.54, 1.807) is 0 Å². The third-order valence-corrected chi connectivity index (χ3v) is 12.9. The molecule has 1 aliphatic rings. The zero-order chi connectivity index (χ0) is 29.7. The highest BCUT2D eigenvalue weighted by Crippen LogP contribution is 2.54. The molecule has 0 saturated heterocycles. The first kappa shape index (κ1) is 25.0. The van der Waals surface area contributed by atoms with E-state index in [0.29, 0.717) is 0 Å². The molecule has 0 amide bonds. The predicted molar refractivity (Wildman–Crippen MR) is 192 cm³/mol. The molecule has 0 spiro atoms. The van der Waals surface area contributed by atoms with E-state index < -0.39 is 7.14 Å². The first-order valence-corrected chi connectivity index (χ1v) is 17.1. The largest absolute Gasteiger partial charge is 0.309 e. The second-order valence-corrected chi connectivity index (χ2v) is 14.7. The van der Waals surface area contributed by atoms with Crippen LogP contribution in [0.5, 0.6) is 0 Å². The van der Waals surface area contributed by atoms with E-state index in [9.17, 15) is 0 Å². The summed E-state index contributed by atoms with van der Waals surface area (Å²) >= 11 is 0. The maximum atomic E-state index is 15.4. The molecule has 1 aliphatic heterocycles. The van der Waals surface area contributed by atoms with Gasteiger partial charge in [0.1, 0.15) is 0 Å². The van der Waals surface area contributed by atoms with Crippen molar-refractivity contribution in [2.75, 3.05) is 0 Å². The molecule has 45 heavy (non-hydrogen) atoms. The minimum atomic E-state index is -3.07. The van der Waals surface area contributed by atoms with Gasteiger partial charge in [-0.2, -0.15) is 0 Å². The number of aromatic nitrogens is 1. The molecular weight excluding hydrogens is 565 g/mol. The molecule has 3 heteroatoms. The fourth-order valence-electron chi connectivity index (χ4n) is 7.79. The quantitative estimate of drug-likeness (QED) is 0.145. The van der Waals surface area contributed by atoms with Crippen molar-refractivity contribution in [1.29, 1.82) is 0 Å². The third kappa shape index (κ3) is 3.27. The van der Waals surface area contributed by atoms with Gasteiger partial charge in [-0.25, -0.2) is 0 Å². The molecule has 10 rings (SSSR count). The molecule has 0 aliphatic carbocycles. The van der Waals surface area contributed by atoms with Crippen molar-refractivity contribution in [2.24, 2.45) is 0 Å². The smallest absolute Gasteiger partial charge is 0.172 e. The second-order valence-electron chi connectivity index (χ2n) is 12.0. The normalized spacial score (nSPS) is 15.7. The maximum absolute atomic E-state index is 15.4. The Balaban J connectivity index is 1.35. The fraction of sp³-hybridized carbons (Fsp3) is 0. The Labute approximate surface area is 260 Å². The first-order chi connectivity index (χ1) is 22.2. The topological polar surface area (TPSA) is 22.0 Å². The zero-order valence-electron chi connectivity index (χ0n) is 24.3. The number of fused-ring (bicyclic) bond motifs is 12. The molecular formula is C42H26NOP. The molecule has 9 aromatic rings. The third-order valence-electron chi connectivity index (χ3n) is 9.77. The SMILES string of the molecule is O=P1(c2ccccc2)c2ccccc2-c2c1ccc1c3ccccc3n(-c3ccc4ccc5c6ccccc6ccc5c4c3)c21. The van der Waals surface area contributed by atoms with Crippen molar-refractivity contribution in [3.05, 3.63) is 158 Å². The number of hydrogen-bond donors (Lipinski definition) is 0. The van der Waals surface area contributed by atoms with Gasteiger partial charge < -0.3 is 9.13 Å². The minimum absolute atomic E-state index is 0.877. The highest BCUT2D eigenvalue weighted by molar-refractivity contribution is 7.86. The summed E-state index contributed by atoms with van der Waals surface area (Å²) in [4.78, 5) is 0. The summed E-state index contributed by atoms with van der Waals surface area (Å²) < 4.78 is 17.8. The molecule has 0 fully saturated rings. The van der Waals surface area contributed by atoms with Gasteiger partial charge in [-0.1, -0.05) is 133 Å². The molecule has 8 aromatic carbocycles. The Morgan fingerprint density at radius 3 is 1.96 bits per heavy atom. The number of hydrogen-bond acceptors (Lipinski definition) is 1. The van der Waals surface area contributed by atoms with Gasteiger partial charge in [0.2, 0.25) is 0 Å². The summed E-state index contributed by atoms with van der Waals surface area (Å²) in [6, 6.07) is 55.7. The molecule has 1 aromatic heterocycles. The van der Waals surface area contributed by atoms with Crippen LogP contribution in [0.2, 0.25) is 0 Å². The van der Waals surface area contributed by atoms with Crippen LogP contribution in [0.4, 0.5) is 0 Å². The number of benzene rings is 8. The van der Waals surface area contributed by atoms with E-state index in [1.807, 2.05) is 36.4 Å². The van der Waals surface area contributed by atoms with Crippen LogP contribution < -0.4 is 15.9 Å². The lowest BCUT2D eigenvalue weighted by Crippen LogP contribution is -2.20. The van der Waals surface area contributed by atoms with E-state index >= 15 is 4.57 Å². The van der Waals surface area contributed by atoms with Gasteiger partial charge in [0, 0.05) is 37.9 Å². The van der Waals surface area contributed by atoms with Gasteiger partial charge in [-0.15, -0.1) is 0 Å². The average molecular weight is 592 g/mol. The monoisotopic (exact) mass is 591 g/mol. The second kappa shape index (κ2) is 9.05. The van der Waals surface area contributed by atoms with E-state index in [0.717, 1.165) is 43.8 Å². The van der Waals surface area contributed by atoms with Crippen LogP contribution in [0.15, 0.2) is 158 Å². The van der Waals surface area contributed by atoms with Crippen molar-refractivity contribution >= 4 is 77.2 Å². The zero-order valence-corrected chi connectivity index (χ0v) is 25.2. The number of para-hydroxylation sites is 1. The highest BCUT2D eigenvalue weighted by atomic mass is 31.2. The van der Waals surface area contributed by atoms with Crippen LogP contribution in [0.3, 0.4) is 0 Å². The van der Waals surface area contributed by atoms with Gasteiger partial charge in [-0.3, -0.25) is 0 Å². The van der Waals surface area contributed by atoms with E-state index in [1.165, 1.54) is 43.1 Å². The summed E-state index contributed by atoms with van der Waals surface area (Å²) in [5.41, 5.74) is 5.49. The lowest BCUT2D eigenvalue weighted by atomic mass is 9.97. The lowest BCUT2D eigenvalue weighted by Gasteiger charge is -2.16. The average Bonchev–Trinajstić information content (AvgIpc) is 3.58. The van der Waals surface area contributed by atoms with E-state index in [-0.39, 0.29) is 0 Å². The Morgan fingerprint density at radius 2 is 1.09 bits per heavy atom. The van der Waals surface area contributed by atoms with Gasteiger partial charge >= 0.3 is 0 Å². The van der Waals surface area contributed by atoms with Crippen molar-refractivity contribution in [1.82, 2.24) is 4.57 Å². The van der Waals surface area contributed by atoms with Crippen molar-refractivity contribution in [3.8, 4) is 16.8 Å².